The summed E-state index contributed by atoms with van der Waals surface area (Å²) < 4.78 is 41.2. The summed E-state index contributed by atoms with van der Waals surface area (Å²) in [5, 5.41) is 4.26. The molecule has 0 radical (unpaired) electrons. The van der Waals surface area contributed by atoms with Crippen molar-refractivity contribution in [1.82, 2.24) is 19.7 Å². The van der Waals surface area contributed by atoms with Gasteiger partial charge in [0.05, 0.1) is 17.3 Å². The molecule has 3 aromatic rings. The van der Waals surface area contributed by atoms with E-state index in [-0.39, 0.29) is 12.5 Å². The Morgan fingerprint density at radius 2 is 1.93 bits per heavy atom. The smallest absolute Gasteiger partial charge is 0.266 e. The van der Waals surface area contributed by atoms with Crippen molar-refractivity contribution >= 4 is 16.9 Å². The Balaban J connectivity index is 1.45. The van der Waals surface area contributed by atoms with E-state index in [1.54, 1.807) is 16.9 Å². The third kappa shape index (κ3) is 2.93. The van der Waals surface area contributed by atoms with Crippen molar-refractivity contribution in [3.63, 3.8) is 0 Å². The summed E-state index contributed by atoms with van der Waals surface area (Å²) in [4.78, 5) is 18.7. The Hall–Kier alpha value is -2.90. The minimum Gasteiger partial charge on any atom is -0.341 e. The number of carbonyl (C=O) groups excluding carboxylic acids is 1. The van der Waals surface area contributed by atoms with Crippen LogP contribution in [-0.2, 0) is 11.3 Å². The zero-order valence-corrected chi connectivity index (χ0v) is 14.9. The second-order valence-corrected chi connectivity index (χ2v) is 7.52. The van der Waals surface area contributed by atoms with E-state index in [2.05, 4.69) is 10.1 Å². The normalized spacial score (nSPS) is 20.8. The highest BCUT2D eigenvalue weighted by Gasteiger charge is 2.46. The molecule has 0 N–H and O–H groups in total. The van der Waals surface area contributed by atoms with Crippen LogP contribution in [0.3, 0.4) is 0 Å². The van der Waals surface area contributed by atoms with Crippen LogP contribution in [0.1, 0.15) is 18.4 Å². The van der Waals surface area contributed by atoms with E-state index < -0.39 is 17.8 Å². The lowest BCUT2D eigenvalue weighted by Crippen LogP contribution is -2.33. The van der Waals surface area contributed by atoms with E-state index >= 15 is 0 Å². The number of halogens is 3. The fourth-order valence-electron chi connectivity index (χ4n) is 3.96. The van der Waals surface area contributed by atoms with Crippen LogP contribution in [0.25, 0.3) is 22.2 Å². The minimum absolute atomic E-state index is 0.0179. The number of carbonyl (C=O) groups is 1. The van der Waals surface area contributed by atoms with Crippen LogP contribution in [0.5, 0.6) is 0 Å². The van der Waals surface area contributed by atoms with Gasteiger partial charge in [-0.05, 0) is 42.0 Å². The van der Waals surface area contributed by atoms with Crippen molar-refractivity contribution in [2.45, 2.75) is 19.4 Å². The number of hydrogen-bond donors (Lipinski definition) is 0. The van der Waals surface area contributed by atoms with E-state index in [0.717, 1.165) is 25.2 Å². The molecule has 1 amide bonds. The summed E-state index contributed by atoms with van der Waals surface area (Å²) in [6, 6.07) is 5.34. The third-order valence-electron chi connectivity index (χ3n) is 5.68. The number of hydrogen-bond acceptors (Lipinski definition) is 3. The molecule has 2 aliphatic rings. The lowest BCUT2D eigenvalue weighted by molar-refractivity contribution is -0.131. The topological polar surface area (TPSA) is 51.0 Å². The number of piperidine rings is 1. The maximum absolute atomic E-state index is 13.6. The molecular weight excluding hydrogens is 369 g/mol. The van der Waals surface area contributed by atoms with Crippen molar-refractivity contribution in [2.24, 2.45) is 11.8 Å². The van der Waals surface area contributed by atoms with Gasteiger partial charge in [0.15, 0.2) is 0 Å². The molecule has 0 bridgehead atoms. The first-order chi connectivity index (χ1) is 13.5. The number of amides is 1. The molecule has 1 aliphatic heterocycles. The molecule has 0 spiro atoms. The molecule has 1 aliphatic carbocycles. The monoisotopic (exact) mass is 386 g/mol. The number of rotatable bonds is 4. The maximum atomic E-state index is 13.6. The second kappa shape index (κ2) is 6.32. The van der Waals surface area contributed by atoms with Crippen molar-refractivity contribution in [1.29, 1.82) is 0 Å². The highest BCUT2D eigenvalue weighted by Crippen LogP contribution is 2.44. The molecule has 2 aromatic heterocycles. The number of likely N-dealkylation sites (tertiary alicyclic amines) is 1. The van der Waals surface area contributed by atoms with Gasteiger partial charge in [-0.25, -0.2) is 13.2 Å². The largest absolute Gasteiger partial charge is 0.341 e. The molecule has 1 aromatic carbocycles. The Bertz CT molecular complexity index is 1070. The van der Waals surface area contributed by atoms with Gasteiger partial charge in [0.1, 0.15) is 17.9 Å². The van der Waals surface area contributed by atoms with Gasteiger partial charge in [-0.2, -0.15) is 5.10 Å². The highest BCUT2D eigenvalue weighted by molar-refractivity contribution is 5.83. The van der Waals surface area contributed by atoms with Gasteiger partial charge in [0.25, 0.3) is 6.43 Å². The number of benzene rings is 1. The molecule has 3 heterocycles. The maximum Gasteiger partial charge on any atom is 0.266 e. The molecule has 5 nitrogen and oxygen atoms in total. The average molecular weight is 386 g/mol. The van der Waals surface area contributed by atoms with Crippen LogP contribution in [-0.4, -0.2) is 38.7 Å². The quantitative estimate of drug-likeness (QED) is 0.688. The fraction of sp³-hybridized carbons (Fsp3) is 0.350. The number of aromatic nitrogens is 3. The van der Waals surface area contributed by atoms with Crippen molar-refractivity contribution in [3.8, 4) is 11.1 Å². The Morgan fingerprint density at radius 1 is 1.14 bits per heavy atom. The van der Waals surface area contributed by atoms with Crippen molar-refractivity contribution in [2.75, 3.05) is 13.1 Å². The third-order valence-corrected chi connectivity index (χ3v) is 5.68. The van der Waals surface area contributed by atoms with Gasteiger partial charge < -0.3 is 4.90 Å². The van der Waals surface area contributed by atoms with Gasteiger partial charge in [-0.15, -0.1) is 0 Å². The fourth-order valence-corrected chi connectivity index (χ4v) is 3.96. The zero-order chi connectivity index (χ0) is 19.4. The van der Waals surface area contributed by atoms with Crippen molar-refractivity contribution < 1.29 is 18.0 Å². The standard InChI is InChI=1S/C20H17F3N4O/c21-16-2-1-11(4-15(16)20(22)23)12-5-18-17(24-6-12)7-25-27(18)10-19(28)26-8-13-3-14(13)9-26/h1-2,4-7,13-14,20H,3,8-10H2/t13-,14+. The molecular formula is C20H17F3N4O. The summed E-state index contributed by atoms with van der Waals surface area (Å²) in [6.07, 6.45) is 1.43. The Morgan fingerprint density at radius 3 is 2.68 bits per heavy atom. The van der Waals surface area contributed by atoms with Crippen LogP contribution >= 0.6 is 0 Å². The molecule has 8 heteroatoms. The van der Waals surface area contributed by atoms with Crippen LogP contribution in [0, 0.1) is 17.7 Å². The van der Waals surface area contributed by atoms with Gasteiger partial charge in [0, 0.05) is 24.8 Å². The van der Waals surface area contributed by atoms with E-state index in [1.165, 1.54) is 18.7 Å². The van der Waals surface area contributed by atoms with Crippen molar-refractivity contribution in [3.05, 3.63) is 48.0 Å². The molecule has 28 heavy (non-hydrogen) atoms. The van der Waals surface area contributed by atoms with Crippen LogP contribution in [0.2, 0.25) is 0 Å². The Labute approximate surface area is 158 Å². The summed E-state index contributed by atoms with van der Waals surface area (Å²) in [5.41, 5.74) is 1.60. The summed E-state index contributed by atoms with van der Waals surface area (Å²) in [6.45, 7) is 1.75. The van der Waals surface area contributed by atoms with E-state index in [1.807, 2.05) is 4.90 Å². The predicted octanol–water partition coefficient (Wildman–Crippen LogP) is 3.65. The van der Waals surface area contributed by atoms with E-state index in [4.69, 9.17) is 0 Å². The predicted molar refractivity (Wildman–Crippen MR) is 96.1 cm³/mol. The van der Waals surface area contributed by atoms with Crippen LogP contribution < -0.4 is 0 Å². The molecule has 1 saturated heterocycles. The number of fused-ring (bicyclic) bond motifs is 2. The lowest BCUT2D eigenvalue weighted by Gasteiger charge is -2.18. The van der Waals surface area contributed by atoms with Gasteiger partial charge >= 0.3 is 0 Å². The molecule has 144 valence electrons. The number of alkyl halides is 2. The SMILES string of the molecule is O=C(Cn1ncc2ncc(-c3ccc(F)c(C(F)F)c3)cc21)N1C[C@H]2C[C@H]2C1. The molecule has 0 unspecified atom stereocenters. The molecule has 1 saturated carbocycles. The molecule has 2 fully saturated rings. The van der Waals surface area contributed by atoms with E-state index in [9.17, 15) is 18.0 Å². The first-order valence-electron chi connectivity index (χ1n) is 9.17. The number of pyridine rings is 1. The summed E-state index contributed by atoms with van der Waals surface area (Å²) in [5.74, 6) is 0.402. The summed E-state index contributed by atoms with van der Waals surface area (Å²) >= 11 is 0. The summed E-state index contributed by atoms with van der Waals surface area (Å²) in [7, 11) is 0. The minimum atomic E-state index is -2.90. The van der Waals surface area contributed by atoms with Crippen LogP contribution in [0.4, 0.5) is 13.2 Å². The van der Waals surface area contributed by atoms with Crippen LogP contribution in [0.15, 0.2) is 36.7 Å². The highest BCUT2D eigenvalue weighted by atomic mass is 19.3. The molecule has 5 rings (SSSR count). The average Bonchev–Trinajstić information content (AvgIpc) is 3.10. The van der Waals surface area contributed by atoms with Gasteiger partial charge in [0.2, 0.25) is 5.91 Å². The first kappa shape index (κ1) is 17.2. The second-order valence-electron chi connectivity index (χ2n) is 7.52. The van der Waals surface area contributed by atoms with E-state index in [0.29, 0.717) is 34.0 Å². The molecule has 2 atom stereocenters. The zero-order valence-electron chi connectivity index (χ0n) is 14.9. The van der Waals surface area contributed by atoms with Gasteiger partial charge in [-0.3, -0.25) is 14.5 Å². The Kier molecular flexibility index (Phi) is 3.89. The number of nitrogens with zero attached hydrogens (tertiary/aromatic N) is 4. The van der Waals surface area contributed by atoms with Gasteiger partial charge in [-0.1, -0.05) is 6.07 Å². The first-order valence-corrected chi connectivity index (χ1v) is 9.17. The lowest BCUT2D eigenvalue weighted by atomic mass is 10.0.